The van der Waals surface area contributed by atoms with Gasteiger partial charge in [0, 0.05) is 25.6 Å². The first-order chi connectivity index (χ1) is 13.0. The van der Waals surface area contributed by atoms with Crippen LogP contribution in [0.25, 0.3) is 0 Å². The molecule has 2 fully saturated rings. The Morgan fingerprint density at radius 2 is 1.75 bits per heavy atom. The van der Waals surface area contributed by atoms with Crippen LogP contribution in [0.1, 0.15) is 44.6 Å². The van der Waals surface area contributed by atoms with Gasteiger partial charge >= 0.3 is 0 Å². The van der Waals surface area contributed by atoms with Crippen molar-refractivity contribution in [3.05, 3.63) is 29.8 Å². The highest BCUT2D eigenvalue weighted by Gasteiger charge is 2.28. The van der Waals surface area contributed by atoms with Crippen molar-refractivity contribution in [2.75, 3.05) is 26.2 Å². The van der Waals surface area contributed by atoms with E-state index in [1.54, 1.807) is 12.1 Å². The molecule has 158 valence electrons. The highest BCUT2D eigenvalue weighted by Crippen LogP contribution is 2.22. The summed E-state index contributed by atoms with van der Waals surface area (Å²) < 4.78 is 27.0. The summed E-state index contributed by atoms with van der Waals surface area (Å²) in [6.07, 6.45) is 5.10. The number of likely N-dealkylation sites (tertiary alicyclic amines) is 1. The smallest absolute Gasteiger partial charge is 0.240 e. The van der Waals surface area contributed by atoms with Gasteiger partial charge in [0.05, 0.1) is 4.90 Å². The van der Waals surface area contributed by atoms with Crippen LogP contribution < -0.4 is 10.0 Å². The molecule has 0 aromatic heterocycles. The maximum Gasteiger partial charge on any atom is 0.240 e. The maximum atomic E-state index is 12.5. The van der Waals surface area contributed by atoms with Gasteiger partial charge in [-0.05, 0) is 68.8 Å². The normalized spacial score (nSPS) is 18.0. The van der Waals surface area contributed by atoms with E-state index in [0.29, 0.717) is 23.7 Å². The van der Waals surface area contributed by atoms with Gasteiger partial charge in [-0.2, -0.15) is 0 Å². The average molecular weight is 430 g/mol. The molecule has 1 amide bonds. The Kier molecular flexibility index (Phi) is 8.74. The van der Waals surface area contributed by atoms with Crippen molar-refractivity contribution in [1.29, 1.82) is 0 Å². The average Bonchev–Trinajstić information content (AvgIpc) is 3.48. The van der Waals surface area contributed by atoms with Gasteiger partial charge in [-0.25, -0.2) is 13.1 Å². The fourth-order valence-corrected chi connectivity index (χ4v) is 4.77. The Hall–Kier alpha value is -1.15. The molecule has 1 aromatic carbocycles. The second kappa shape index (κ2) is 10.6. The first kappa shape index (κ1) is 23.1. The van der Waals surface area contributed by atoms with E-state index in [0.717, 1.165) is 57.4 Å². The van der Waals surface area contributed by atoms with E-state index < -0.39 is 10.0 Å². The lowest BCUT2D eigenvalue weighted by molar-refractivity contribution is -0.132. The molecule has 1 saturated heterocycles. The summed E-state index contributed by atoms with van der Waals surface area (Å²) in [5.74, 6) is 0.872. The number of hydrogen-bond donors (Lipinski definition) is 2. The van der Waals surface area contributed by atoms with Gasteiger partial charge in [0.1, 0.15) is 0 Å². The van der Waals surface area contributed by atoms with Crippen molar-refractivity contribution in [3.63, 3.8) is 0 Å². The fourth-order valence-electron chi connectivity index (χ4n) is 3.47. The highest BCUT2D eigenvalue weighted by molar-refractivity contribution is 7.89. The lowest BCUT2D eigenvalue weighted by atomic mass is 9.96. The molecule has 8 heteroatoms. The third kappa shape index (κ3) is 6.72. The zero-order valence-corrected chi connectivity index (χ0v) is 18.2. The van der Waals surface area contributed by atoms with E-state index in [2.05, 4.69) is 17.0 Å². The van der Waals surface area contributed by atoms with Gasteiger partial charge in [0.25, 0.3) is 0 Å². The van der Waals surface area contributed by atoms with Crippen LogP contribution in [0.15, 0.2) is 29.2 Å². The molecule has 3 rings (SSSR count). The molecule has 1 aliphatic heterocycles. The second-order valence-corrected chi connectivity index (χ2v) is 9.39. The lowest BCUT2D eigenvalue weighted by Crippen LogP contribution is -2.40. The van der Waals surface area contributed by atoms with E-state index >= 15 is 0 Å². The third-order valence-electron chi connectivity index (χ3n) is 5.41. The van der Waals surface area contributed by atoms with Crippen molar-refractivity contribution in [1.82, 2.24) is 14.9 Å². The van der Waals surface area contributed by atoms with Gasteiger partial charge in [-0.3, -0.25) is 4.79 Å². The number of hydrogen-bond acceptors (Lipinski definition) is 4. The molecule has 1 aromatic rings. The first-order valence-electron chi connectivity index (χ1n) is 10.1. The monoisotopic (exact) mass is 429 g/mol. The minimum absolute atomic E-state index is 0. The number of nitrogens with zero attached hydrogens (tertiary/aromatic N) is 1. The van der Waals surface area contributed by atoms with Crippen LogP contribution in [0.4, 0.5) is 0 Å². The Bertz CT molecular complexity index is 728. The Labute approximate surface area is 174 Å². The molecule has 0 unspecified atom stereocenters. The van der Waals surface area contributed by atoms with Crippen LogP contribution in [0, 0.1) is 5.92 Å². The third-order valence-corrected chi connectivity index (χ3v) is 6.95. The number of sulfonamides is 1. The number of carbonyl (C=O) groups is 1. The van der Waals surface area contributed by atoms with Crippen LogP contribution in [0.5, 0.6) is 0 Å². The van der Waals surface area contributed by atoms with Gasteiger partial charge < -0.3 is 10.2 Å². The number of carbonyl (C=O) groups excluding carboxylic acids is 1. The van der Waals surface area contributed by atoms with Crippen LogP contribution in [0.3, 0.4) is 0 Å². The van der Waals surface area contributed by atoms with Gasteiger partial charge in [0.15, 0.2) is 0 Å². The zero-order valence-electron chi connectivity index (χ0n) is 16.5. The van der Waals surface area contributed by atoms with Crippen LogP contribution in [0.2, 0.25) is 0 Å². The van der Waals surface area contributed by atoms with Crippen LogP contribution >= 0.6 is 12.4 Å². The first-order valence-corrected chi connectivity index (χ1v) is 11.6. The quantitative estimate of drug-likeness (QED) is 0.631. The van der Waals surface area contributed by atoms with Crippen LogP contribution in [-0.2, 0) is 21.2 Å². The van der Waals surface area contributed by atoms with E-state index in [9.17, 15) is 13.2 Å². The Morgan fingerprint density at radius 3 is 2.32 bits per heavy atom. The van der Waals surface area contributed by atoms with E-state index in [-0.39, 0.29) is 24.4 Å². The standard InChI is InChI=1S/C20H31N3O3S.ClH/c1-2-21-15-17-11-13-23(14-12-17)20(24)10-5-16-3-8-19(9-4-16)27(25,26)22-18-6-7-18;/h3-4,8-9,17-18,21-22H,2,5-7,10-15H2,1H3;1H. The van der Waals surface area contributed by atoms with Crippen molar-refractivity contribution in [3.8, 4) is 0 Å². The molecular weight excluding hydrogens is 398 g/mol. The van der Waals surface area contributed by atoms with Crippen LogP contribution in [-0.4, -0.2) is 51.4 Å². The predicted molar refractivity (Wildman–Crippen MR) is 113 cm³/mol. The summed E-state index contributed by atoms with van der Waals surface area (Å²) in [6.45, 7) is 5.85. The van der Waals surface area contributed by atoms with Crippen molar-refractivity contribution in [2.45, 2.75) is 56.4 Å². The number of piperidine rings is 1. The Morgan fingerprint density at radius 1 is 1.11 bits per heavy atom. The number of nitrogens with one attached hydrogen (secondary N) is 2. The molecule has 1 heterocycles. The van der Waals surface area contributed by atoms with Gasteiger partial charge in [-0.15, -0.1) is 12.4 Å². The number of amides is 1. The minimum atomic E-state index is -3.40. The van der Waals surface area contributed by atoms with Gasteiger partial charge in [-0.1, -0.05) is 19.1 Å². The summed E-state index contributed by atoms with van der Waals surface area (Å²) in [4.78, 5) is 14.7. The van der Waals surface area contributed by atoms with Crippen molar-refractivity contribution in [2.24, 2.45) is 5.92 Å². The topological polar surface area (TPSA) is 78.5 Å². The van der Waals surface area contributed by atoms with Gasteiger partial charge in [0.2, 0.25) is 15.9 Å². The molecule has 0 spiro atoms. The predicted octanol–water partition coefficient (Wildman–Crippen LogP) is 2.33. The molecule has 1 saturated carbocycles. The van der Waals surface area contributed by atoms with E-state index in [1.807, 2.05) is 17.0 Å². The van der Waals surface area contributed by atoms with Crippen molar-refractivity contribution < 1.29 is 13.2 Å². The summed E-state index contributed by atoms with van der Waals surface area (Å²) in [7, 11) is -3.40. The summed E-state index contributed by atoms with van der Waals surface area (Å²) in [5, 5.41) is 3.39. The number of rotatable bonds is 9. The molecule has 6 nitrogen and oxygen atoms in total. The number of benzene rings is 1. The molecular formula is C20H32ClN3O3S. The van der Waals surface area contributed by atoms with E-state index in [4.69, 9.17) is 0 Å². The fraction of sp³-hybridized carbons (Fsp3) is 0.650. The molecule has 1 aliphatic carbocycles. The second-order valence-electron chi connectivity index (χ2n) is 7.67. The minimum Gasteiger partial charge on any atom is -0.343 e. The highest BCUT2D eigenvalue weighted by atomic mass is 35.5. The number of halogens is 1. The SMILES string of the molecule is CCNCC1CCN(C(=O)CCc2ccc(S(=O)(=O)NC3CC3)cc2)CC1.Cl. The van der Waals surface area contributed by atoms with Crippen molar-refractivity contribution >= 4 is 28.3 Å². The lowest BCUT2D eigenvalue weighted by Gasteiger charge is -2.32. The molecule has 0 atom stereocenters. The summed E-state index contributed by atoms with van der Waals surface area (Å²) in [6, 6.07) is 7.01. The summed E-state index contributed by atoms with van der Waals surface area (Å²) >= 11 is 0. The number of aryl methyl sites for hydroxylation is 1. The largest absolute Gasteiger partial charge is 0.343 e. The molecule has 28 heavy (non-hydrogen) atoms. The summed E-state index contributed by atoms with van der Waals surface area (Å²) in [5.41, 5.74) is 0.996. The zero-order chi connectivity index (χ0) is 19.3. The molecule has 0 radical (unpaired) electrons. The Balaban J connectivity index is 0.00000280. The molecule has 0 bridgehead atoms. The molecule has 2 aliphatic rings. The maximum absolute atomic E-state index is 12.5. The molecule has 2 N–H and O–H groups in total. The van der Waals surface area contributed by atoms with E-state index in [1.165, 1.54) is 0 Å².